The summed E-state index contributed by atoms with van der Waals surface area (Å²) in [7, 11) is 3.93. The Morgan fingerprint density at radius 3 is 2.65 bits per heavy atom. The van der Waals surface area contributed by atoms with Crippen molar-refractivity contribution in [1.82, 2.24) is 10.3 Å². The third-order valence-electron chi connectivity index (χ3n) is 3.93. The molecular formula is C21H26N4O. The summed E-state index contributed by atoms with van der Waals surface area (Å²) in [5, 5.41) is 11.4. The lowest BCUT2D eigenvalue weighted by Crippen LogP contribution is -2.15. The van der Waals surface area contributed by atoms with Crippen LogP contribution in [0.25, 0.3) is 11.1 Å². The molecular weight excluding hydrogens is 324 g/mol. The zero-order chi connectivity index (χ0) is 19.1. The predicted octanol–water partition coefficient (Wildman–Crippen LogP) is 3.44. The van der Waals surface area contributed by atoms with Gasteiger partial charge >= 0.3 is 0 Å². The summed E-state index contributed by atoms with van der Waals surface area (Å²) in [5.41, 5.74) is 5.06. The average molecular weight is 350 g/mol. The summed E-state index contributed by atoms with van der Waals surface area (Å²) < 4.78 is 0. The van der Waals surface area contributed by atoms with Gasteiger partial charge in [-0.3, -0.25) is 4.98 Å². The van der Waals surface area contributed by atoms with Crippen LogP contribution in [-0.4, -0.2) is 37.1 Å². The van der Waals surface area contributed by atoms with Gasteiger partial charge < -0.3 is 20.4 Å². The van der Waals surface area contributed by atoms with Crippen LogP contribution in [0, 0.1) is 5.41 Å². The second-order valence-corrected chi connectivity index (χ2v) is 6.64. The molecule has 0 bridgehead atoms. The fourth-order valence-corrected chi connectivity index (χ4v) is 2.62. The highest BCUT2D eigenvalue weighted by Crippen LogP contribution is 2.27. The molecule has 0 saturated heterocycles. The lowest BCUT2D eigenvalue weighted by Gasteiger charge is -2.17. The van der Waals surface area contributed by atoms with Gasteiger partial charge in [0.1, 0.15) is 6.29 Å². The van der Waals surface area contributed by atoms with Crippen LogP contribution in [0.2, 0.25) is 0 Å². The number of rotatable bonds is 8. The maximum atomic E-state index is 11.0. The molecule has 0 unspecified atom stereocenters. The van der Waals surface area contributed by atoms with E-state index in [0.717, 1.165) is 34.2 Å². The van der Waals surface area contributed by atoms with Crippen molar-refractivity contribution in [3.05, 3.63) is 60.1 Å². The van der Waals surface area contributed by atoms with Crippen LogP contribution < -0.4 is 10.2 Å². The minimum atomic E-state index is 0.329. The van der Waals surface area contributed by atoms with E-state index < -0.39 is 0 Å². The molecule has 0 amide bonds. The normalized spacial score (nSPS) is 11.0. The van der Waals surface area contributed by atoms with Gasteiger partial charge in [0.15, 0.2) is 0 Å². The van der Waals surface area contributed by atoms with Gasteiger partial charge in [0.25, 0.3) is 0 Å². The van der Waals surface area contributed by atoms with Crippen molar-refractivity contribution in [2.75, 3.05) is 19.0 Å². The minimum absolute atomic E-state index is 0.329. The monoisotopic (exact) mass is 350 g/mol. The van der Waals surface area contributed by atoms with Gasteiger partial charge in [-0.05, 0) is 55.4 Å². The maximum absolute atomic E-state index is 11.0. The van der Waals surface area contributed by atoms with E-state index in [4.69, 9.17) is 5.41 Å². The SMILES string of the molecule is CC(C)N/C=C\C(=N)c1cncc(-c2ccc(N(C)C)c(CC=O)c2)c1. The average Bonchev–Trinajstić information content (AvgIpc) is 2.61. The molecule has 136 valence electrons. The molecule has 2 rings (SSSR count). The number of nitrogens with zero attached hydrogens (tertiary/aromatic N) is 2. The number of nitrogens with one attached hydrogen (secondary N) is 2. The quantitative estimate of drug-likeness (QED) is 0.565. The van der Waals surface area contributed by atoms with Gasteiger partial charge in [-0.25, -0.2) is 0 Å². The second-order valence-electron chi connectivity index (χ2n) is 6.64. The molecule has 0 aliphatic rings. The largest absolute Gasteiger partial charge is 0.389 e. The summed E-state index contributed by atoms with van der Waals surface area (Å²) in [6.45, 7) is 4.09. The van der Waals surface area contributed by atoms with Crippen LogP contribution in [-0.2, 0) is 11.2 Å². The van der Waals surface area contributed by atoms with E-state index in [9.17, 15) is 4.79 Å². The second kappa shape index (κ2) is 8.94. The van der Waals surface area contributed by atoms with Gasteiger partial charge in [0.2, 0.25) is 0 Å². The molecule has 1 heterocycles. The van der Waals surface area contributed by atoms with Crippen molar-refractivity contribution in [2.24, 2.45) is 0 Å². The molecule has 0 saturated carbocycles. The van der Waals surface area contributed by atoms with E-state index in [1.165, 1.54) is 0 Å². The Hall–Kier alpha value is -2.95. The van der Waals surface area contributed by atoms with Gasteiger partial charge in [-0.1, -0.05) is 6.07 Å². The molecule has 5 heteroatoms. The van der Waals surface area contributed by atoms with E-state index in [1.54, 1.807) is 24.7 Å². The molecule has 0 aliphatic carbocycles. The molecule has 2 N–H and O–H groups in total. The fraction of sp³-hybridized carbons (Fsp3) is 0.286. The first-order valence-corrected chi connectivity index (χ1v) is 8.63. The number of aromatic nitrogens is 1. The molecule has 1 aromatic heterocycles. The number of benzene rings is 1. The number of hydrogen-bond acceptors (Lipinski definition) is 5. The minimum Gasteiger partial charge on any atom is -0.389 e. The van der Waals surface area contributed by atoms with Crippen LogP contribution in [0.4, 0.5) is 5.69 Å². The summed E-state index contributed by atoms with van der Waals surface area (Å²) >= 11 is 0. The Morgan fingerprint density at radius 1 is 1.23 bits per heavy atom. The topological polar surface area (TPSA) is 69.1 Å². The molecule has 0 aliphatic heterocycles. The summed E-state index contributed by atoms with van der Waals surface area (Å²) in [6.07, 6.45) is 8.27. The highest BCUT2D eigenvalue weighted by molar-refractivity contribution is 6.06. The van der Waals surface area contributed by atoms with Crippen LogP contribution in [0.5, 0.6) is 0 Å². The molecule has 1 aromatic carbocycles. The van der Waals surface area contributed by atoms with Gasteiger partial charge in [-0.15, -0.1) is 0 Å². The lowest BCUT2D eigenvalue weighted by molar-refractivity contribution is -0.107. The third-order valence-corrected chi connectivity index (χ3v) is 3.93. The van der Waals surface area contributed by atoms with Crippen molar-refractivity contribution in [3.8, 4) is 11.1 Å². The number of anilines is 1. The lowest BCUT2D eigenvalue weighted by atomic mass is 9.99. The Bertz CT molecular complexity index is 809. The van der Waals surface area contributed by atoms with Gasteiger partial charge in [0, 0.05) is 55.8 Å². The highest BCUT2D eigenvalue weighted by Gasteiger charge is 2.08. The molecule has 26 heavy (non-hydrogen) atoms. The number of carbonyl (C=O) groups is 1. The molecule has 0 atom stereocenters. The summed E-state index contributed by atoms with van der Waals surface area (Å²) in [4.78, 5) is 17.3. The molecule has 0 fully saturated rings. The van der Waals surface area contributed by atoms with Crippen LogP contribution in [0.1, 0.15) is 25.0 Å². The Morgan fingerprint density at radius 2 is 2.00 bits per heavy atom. The van der Waals surface area contributed by atoms with E-state index in [1.807, 2.05) is 57.1 Å². The molecule has 0 radical (unpaired) electrons. The van der Waals surface area contributed by atoms with E-state index in [2.05, 4.69) is 10.3 Å². The predicted molar refractivity (Wildman–Crippen MR) is 108 cm³/mol. The van der Waals surface area contributed by atoms with Crippen molar-refractivity contribution < 1.29 is 4.79 Å². The van der Waals surface area contributed by atoms with Crippen LogP contribution in [0.3, 0.4) is 0 Å². The zero-order valence-corrected chi connectivity index (χ0v) is 15.8. The Balaban J connectivity index is 2.32. The van der Waals surface area contributed by atoms with Crippen molar-refractivity contribution in [1.29, 1.82) is 5.41 Å². The van der Waals surface area contributed by atoms with E-state index in [0.29, 0.717) is 18.2 Å². The summed E-state index contributed by atoms with van der Waals surface area (Å²) in [5.74, 6) is 0. The molecule has 0 spiro atoms. The van der Waals surface area contributed by atoms with Gasteiger partial charge in [0.05, 0.1) is 5.71 Å². The highest BCUT2D eigenvalue weighted by atomic mass is 16.1. The van der Waals surface area contributed by atoms with Gasteiger partial charge in [-0.2, -0.15) is 0 Å². The number of hydrogen-bond donors (Lipinski definition) is 2. The first-order valence-electron chi connectivity index (χ1n) is 8.63. The Kier molecular flexibility index (Phi) is 6.67. The Labute approximate surface area is 155 Å². The van der Waals surface area contributed by atoms with E-state index in [-0.39, 0.29) is 0 Å². The number of carbonyl (C=O) groups excluding carboxylic acids is 1. The third kappa shape index (κ3) is 5.02. The first kappa shape index (κ1) is 19.4. The number of allylic oxidation sites excluding steroid dienone is 1. The summed E-state index contributed by atoms with van der Waals surface area (Å²) in [6, 6.07) is 8.33. The van der Waals surface area contributed by atoms with Crippen LogP contribution >= 0.6 is 0 Å². The maximum Gasteiger partial charge on any atom is 0.124 e. The van der Waals surface area contributed by atoms with Crippen molar-refractivity contribution in [2.45, 2.75) is 26.3 Å². The van der Waals surface area contributed by atoms with E-state index >= 15 is 0 Å². The van der Waals surface area contributed by atoms with Crippen molar-refractivity contribution >= 4 is 17.7 Å². The number of aldehydes is 1. The smallest absolute Gasteiger partial charge is 0.124 e. The zero-order valence-electron chi connectivity index (χ0n) is 15.8. The van der Waals surface area contributed by atoms with Crippen molar-refractivity contribution in [3.63, 3.8) is 0 Å². The number of pyridine rings is 1. The standard InChI is InChI=1S/C21H26N4O/c1-15(2)24-9-7-20(22)19-12-18(13-23-14-19)16-5-6-21(25(3)4)17(11-16)8-10-26/h5-7,9-15,22,24H,8H2,1-4H3/b9-7-,22-20?. The molecule has 2 aromatic rings. The fourth-order valence-electron chi connectivity index (χ4n) is 2.62. The molecule has 5 nitrogen and oxygen atoms in total. The van der Waals surface area contributed by atoms with Crippen LogP contribution in [0.15, 0.2) is 48.9 Å². The first-order chi connectivity index (χ1) is 12.4.